The summed E-state index contributed by atoms with van der Waals surface area (Å²) in [5.41, 5.74) is 4.25. The minimum Gasteiger partial charge on any atom is -0.369 e. The van der Waals surface area contributed by atoms with Crippen molar-refractivity contribution in [2.75, 3.05) is 51.7 Å². The van der Waals surface area contributed by atoms with Crippen LogP contribution in [0.15, 0.2) is 18.2 Å². The number of anilines is 1. The molecule has 1 aromatic rings. The summed E-state index contributed by atoms with van der Waals surface area (Å²) < 4.78 is 0. The molecule has 1 heterocycles. The zero-order valence-corrected chi connectivity index (χ0v) is 11.9. The summed E-state index contributed by atoms with van der Waals surface area (Å²) >= 11 is 0. The highest BCUT2D eigenvalue weighted by atomic mass is 15.2. The lowest BCUT2D eigenvalue weighted by molar-refractivity contribution is 0.312. The van der Waals surface area contributed by atoms with Gasteiger partial charge in [-0.2, -0.15) is 0 Å². The molecule has 0 aliphatic carbocycles. The molecular formula is C15H25N3. The van der Waals surface area contributed by atoms with E-state index in [9.17, 15) is 0 Å². The largest absolute Gasteiger partial charge is 0.369 e. The molecule has 0 radical (unpaired) electrons. The molecule has 1 aromatic carbocycles. The summed E-state index contributed by atoms with van der Waals surface area (Å²) in [5.74, 6) is 0. The summed E-state index contributed by atoms with van der Waals surface area (Å²) in [6.07, 6.45) is 1.11. The van der Waals surface area contributed by atoms with Gasteiger partial charge in [-0.15, -0.1) is 0 Å². The van der Waals surface area contributed by atoms with Gasteiger partial charge in [0.1, 0.15) is 0 Å². The Hall–Kier alpha value is -1.06. The molecule has 3 nitrogen and oxygen atoms in total. The molecule has 0 spiro atoms. The van der Waals surface area contributed by atoms with Crippen molar-refractivity contribution in [2.24, 2.45) is 0 Å². The first-order valence-corrected chi connectivity index (χ1v) is 6.88. The van der Waals surface area contributed by atoms with Gasteiger partial charge in [0.2, 0.25) is 0 Å². The average molecular weight is 247 g/mol. The van der Waals surface area contributed by atoms with Crippen LogP contribution >= 0.6 is 0 Å². The highest BCUT2D eigenvalue weighted by Crippen LogP contribution is 2.22. The van der Waals surface area contributed by atoms with Crippen LogP contribution < -0.4 is 10.2 Å². The Kier molecular flexibility index (Phi) is 4.61. The van der Waals surface area contributed by atoms with Crippen LogP contribution in [0, 0.1) is 6.92 Å². The van der Waals surface area contributed by atoms with Crippen LogP contribution in [0.4, 0.5) is 5.69 Å². The van der Waals surface area contributed by atoms with Gasteiger partial charge in [0.25, 0.3) is 0 Å². The Morgan fingerprint density at radius 3 is 2.50 bits per heavy atom. The molecule has 0 unspecified atom stereocenters. The summed E-state index contributed by atoms with van der Waals surface area (Å²) in [7, 11) is 4.20. The van der Waals surface area contributed by atoms with E-state index in [0.29, 0.717) is 0 Å². The molecular weight excluding hydrogens is 222 g/mol. The minimum absolute atomic E-state index is 1.05. The molecule has 18 heavy (non-hydrogen) atoms. The van der Waals surface area contributed by atoms with Gasteiger partial charge in [-0.25, -0.2) is 0 Å². The van der Waals surface area contributed by atoms with Crippen molar-refractivity contribution in [3.8, 4) is 0 Å². The van der Waals surface area contributed by atoms with Gasteiger partial charge in [-0.3, -0.25) is 0 Å². The van der Waals surface area contributed by atoms with Gasteiger partial charge >= 0.3 is 0 Å². The zero-order valence-electron chi connectivity index (χ0n) is 11.9. The molecule has 0 amide bonds. The lowest BCUT2D eigenvalue weighted by atomic mass is 10.1. The van der Waals surface area contributed by atoms with Gasteiger partial charge in [0.05, 0.1) is 0 Å². The first-order valence-electron chi connectivity index (χ1n) is 6.88. The van der Waals surface area contributed by atoms with Gasteiger partial charge in [0.15, 0.2) is 0 Å². The quantitative estimate of drug-likeness (QED) is 0.870. The van der Waals surface area contributed by atoms with Gasteiger partial charge in [-0.05, 0) is 51.2 Å². The Labute approximate surface area is 111 Å². The Morgan fingerprint density at radius 2 is 1.89 bits per heavy atom. The molecule has 100 valence electrons. The third kappa shape index (κ3) is 3.24. The number of nitrogens with one attached hydrogen (secondary N) is 1. The molecule has 1 aliphatic heterocycles. The second-order valence-electron chi connectivity index (χ2n) is 5.26. The molecule has 1 N–H and O–H groups in total. The summed E-state index contributed by atoms with van der Waals surface area (Å²) in [5, 5.41) is 3.20. The van der Waals surface area contributed by atoms with Crippen molar-refractivity contribution < 1.29 is 0 Å². The van der Waals surface area contributed by atoms with Gasteiger partial charge in [-0.1, -0.05) is 12.1 Å². The molecule has 0 saturated carbocycles. The fraction of sp³-hybridized carbons (Fsp3) is 0.600. The Balaban J connectivity index is 2.05. The van der Waals surface area contributed by atoms with Crippen molar-refractivity contribution in [1.29, 1.82) is 0 Å². The number of likely N-dealkylation sites (N-methyl/N-ethyl adjacent to an activating group) is 2. The maximum absolute atomic E-state index is 3.20. The van der Waals surface area contributed by atoms with Crippen LogP contribution in [0.5, 0.6) is 0 Å². The number of rotatable bonds is 4. The highest BCUT2D eigenvalue weighted by Gasteiger charge is 2.15. The molecule has 1 aliphatic rings. The van der Waals surface area contributed by atoms with Crippen molar-refractivity contribution in [3.63, 3.8) is 0 Å². The fourth-order valence-corrected chi connectivity index (χ4v) is 2.54. The first kappa shape index (κ1) is 13.4. The van der Waals surface area contributed by atoms with Crippen LogP contribution in [0.2, 0.25) is 0 Å². The highest BCUT2D eigenvalue weighted by molar-refractivity contribution is 5.54. The molecule has 3 heteroatoms. The van der Waals surface area contributed by atoms with E-state index >= 15 is 0 Å². The maximum Gasteiger partial charge on any atom is 0.0397 e. The van der Waals surface area contributed by atoms with E-state index in [4.69, 9.17) is 0 Å². The van der Waals surface area contributed by atoms with Gasteiger partial charge < -0.3 is 15.1 Å². The zero-order chi connectivity index (χ0) is 13.0. The van der Waals surface area contributed by atoms with E-state index in [-0.39, 0.29) is 0 Å². The number of benzene rings is 1. The molecule has 1 fully saturated rings. The summed E-state index contributed by atoms with van der Waals surface area (Å²) in [6, 6.07) is 6.91. The van der Waals surface area contributed by atoms with E-state index in [1.807, 2.05) is 7.05 Å². The smallest absolute Gasteiger partial charge is 0.0397 e. The molecule has 1 saturated heterocycles. The lowest BCUT2D eigenvalue weighted by Crippen LogP contribution is -2.44. The van der Waals surface area contributed by atoms with Crippen molar-refractivity contribution >= 4 is 5.69 Å². The summed E-state index contributed by atoms with van der Waals surface area (Å²) in [6.45, 7) is 7.91. The van der Waals surface area contributed by atoms with Crippen molar-refractivity contribution in [1.82, 2.24) is 10.2 Å². The number of hydrogen-bond donors (Lipinski definition) is 1. The van der Waals surface area contributed by atoms with E-state index < -0.39 is 0 Å². The Bertz CT molecular complexity index is 381. The lowest BCUT2D eigenvalue weighted by Gasteiger charge is -2.35. The Morgan fingerprint density at radius 1 is 1.17 bits per heavy atom. The van der Waals surface area contributed by atoms with Crippen LogP contribution in [0.25, 0.3) is 0 Å². The fourth-order valence-electron chi connectivity index (χ4n) is 2.54. The SMILES string of the molecule is CNCCc1ccc(N2CCN(C)CC2)c(C)c1. The van der Waals surface area contributed by atoms with Crippen molar-refractivity contribution in [3.05, 3.63) is 29.3 Å². The number of hydrogen-bond acceptors (Lipinski definition) is 3. The predicted octanol–water partition coefficient (Wildman–Crippen LogP) is 1.51. The van der Waals surface area contributed by atoms with E-state index in [2.05, 4.69) is 47.3 Å². The normalized spacial score (nSPS) is 17.2. The predicted molar refractivity (Wildman–Crippen MR) is 78.5 cm³/mol. The van der Waals surface area contributed by atoms with Crippen LogP contribution in [0.1, 0.15) is 11.1 Å². The van der Waals surface area contributed by atoms with Crippen LogP contribution in [0.3, 0.4) is 0 Å². The third-order valence-electron chi connectivity index (χ3n) is 3.77. The molecule has 0 aromatic heterocycles. The molecule has 0 atom stereocenters. The third-order valence-corrected chi connectivity index (χ3v) is 3.77. The van der Waals surface area contributed by atoms with Crippen LogP contribution in [-0.2, 0) is 6.42 Å². The van der Waals surface area contributed by atoms with Crippen molar-refractivity contribution in [2.45, 2.75) is 13.3 Å². The second-order valence-corrected chi connectivity index (χ2v) is 5.26. The topological polar surface area (TPSA) is 18.5 Å². The van der Waals surface area contributed by atoms with E-state index in [0.717, 1.165) is 26.1 Å². The standard InChI is InChI=1S/C15H25N3/c1-13-12-14(6-7-16-2)4-5-15(13)18-10-8-17(3)9-11-18/h4-5,12,16H,6-11H2,1-3H3. The van der Waals surface area contributed by atoms with E-state index in [1.54, 1.807) is 0 Å². The molecule has 2 rings (SSSR count). The first-order chi connectivity index (χ1) is 8.70. The molecule has 0 bridgehead atoms. The number of nitrogens with zero attached hydrogens (tertiary/aromatic N) is 2. The monoisotopic (exact) mass is 247 g/mol. The van der Waals surface area contributed by atoms with E-state index in [1.165, 1.54) is 29.9 Å². The number of aryl methyl sites for hydroxylation is 1. The summed E-state index contributed by atoms with van der Waals surface area (Å²) in [4.78, 5) is 4.91. The minimum atomic E-state index is 1.05. The van der Waals surface area contributed by atoms with Crippen LogP contribution in [-0.4, -0.2) is 51.7 Å². The second kappa shape index (κ2) is 6.21. The number of piperazine rings is 1. The van der Waals surface area contributed by atoms with Gasteiger partial charge in [0, 0.05) is 31.9 Å². The average Bonchev–Trinajstić information content (AvgIpc) is 2.38. The maximum atomic E-state index is 3.20.